The summed E-state index contributed by atoms with van der Waals surface area (Å²) in [6.07, 6.45) is 6.22. The molecular weight excluding hydrogens is 296 g/mol. The quantitative estimate of drug-likeness (QED) is 0.905. The third-order valence-corrected chi connectivity index (χ3v) is 7.65. The molecule has 2 aliphatic heterocycles. The molecule has 22 heavy (non-hydrogen) atoms. The zero-order chi connectivity index (χ0) is 15.7. The SMILES string of the molecule is CC(C)Cc1ccc(CNC2CC3CCC(C2)S3(=O)=O)cn1. The van der Waals surface area contributed by atoms with E-state index in [1.165, 1.54) is 5.56 Å². The lowest BCUT2D eigenvalue weighted by molar-refractivity contribution is 0.430. The van der Waals surface area contributed by atoms with Gasteiger partial charge < -0.3 is 5.32 Å². The highest BCUT2D eigenvalue weighted by Crippen LogP contribution is 2.38. The van der Waals surface area contributed by atoms with E-state index >= 15 is 0 Å². The number of nitrogens with zero attached hydrogens (tertiary/aromatic N) is 1. The van der Waals surface area contributed by atoms with Crippen LogP contribution in [0.1, 0.15) is 50.8 Å². The summed E-state index contributed by atoms with van der Waals surface area (Å²) < 4.78 is 24.2. The third-order valence-electron chi connectivity index (χ3n) is 4.93. The summed E-state index contributed by atoms with van der Waals surface area (Å²) in [7, 11) is -2.81. The highest BCUT2D eigenvalue weighted by atomic mass is 32.2. The average molecular weight is 322 g/mol. The van der Waals surface area contributed by atoms with E-state index < -0.39 is 9.84 Å². The Morgan fingerprint density at radius 1 is 1.23 bits per heavy atom. The van der Waals surface area contributed by atoms with Gasteiger partial charge in [0.05, 0.1) is 10.5 Å². The summed E-state index contributed by atoms with van der Waals surface area (Å²) in [6.45, 7) is 5.17. The molecule has 0 amide bonds. The zero-order valence-electron chi connectivity index (χ0n) is 13.5. The Morgan fingerprint density at radius 2 is 1.91 bits per heavy atom. The van der Waals surface area contributed by atoms with Crippen LogP contribution < -0.4 is 5.32 Å². The van der Waals surface area contributed by atoms with Gasteiger partial charge in [-0.15, -0.1) is 0 Å². The van der Waals surface area contributed by atoms with Gasteiger partial charge in [-0.1, -0.05) is 19.9 Å². The van der Waals surface area contributed by atoms with Crippen molar-refractivity contribution in [3.8, 4) is 0 Å². The molecule has 1 aromatic rings. The van der Waals surface area contributed by atoms with Crippen molar-refractivity contribution in [1.82, 2.24) is 10.3 Å². The largest absolute Gasteiger partial charge is 0.310 e. The van der Waals surface area contributed by atoms with Gasteiger partial charge in [-0.05, 0) is 49.7 Å². The molecule has 1 N–H and O–H groups in total. The summed E-state index contributed by atoms with van der Waals surface area (Å²) in [5, 5.41) is 3.33. The van der Waals surface area contributed by atoms with Crippen LogP contribution in [0.25, 0.3) is 0 Å². The topological polar surface area (TPSA) is 59.1 Å². The minimum atomic E-state index is -2.81. The fourth-order valence-electron chi connectivity index (χ4n) is 3.73. The van der Waals surface area contributed by atoms with Gasteiger partial charge in [0.25, 0.3) is 0 Å². The Labute approximate surface area is 133 Å². The normalized spacial score (nSPS) is 29.9. The summed E-state index contributed by atoms with van der Waals surface area (Å²) in [5.74, 6) is 0.621. The first-order valence-electron chi connectivity index (χ1n) is 8.35. The molecule has 0 aliphatic carbocycles. The van der Waals surface area contributed by atoms with Crippen molar-refractivity contribution in [1.29, 1.82) is 0 Å². The number of nitrogens with one attached hydrogen (secondary N) is 1. The van der Waals surface area contributed by atoms with Gasteiger partial charge >= 0.3 is 0 Å². The maximum Gasteiger partial charge on any atom is 0.156 e. The molecule has 5 heteroatoms. The zero-order valence-corrected chi connectivity index (χ0v) is 14.3. The molecule has 3 rings (SSSR count). The summed E-state index contributed by atoms with van der Waals surface area (Å²) >= 11 is 0. The van der Waals surface area contributed by atoms with Crippen LogP contribution in [0.3, 0.4) is 0 Å². The molecule has 2 aliphatic rings. The molecule has 3 heterocycles. The van der Waals surface area contributed by atoms with E-state index in [0.717, 1.165) is 44.3 Å². The van der Waals surface area contributed by atoms with E-state index in [0.29, 0.717) is 12.0 Å². The van der Waals surface area contributed by atoms with Gasteiger partial charge in [0, 0.05) is 24.5 Å². The molecule has 2 bridgehead atoms. The molecule has 0 spiro atoms. The molecule has 0 radical (unpaired) electrons. The highest BCUT2D eigenvalue weighted by molar-refractivity contribution is 7.93. The van der Waals surface area contributed by atoms with Crippen molar-refractivity contribution < 1.29 is 8.42 Å². The maximum atomic E-state index is 12.1. The van der Waals surface area contributed by atoms with Crippen molar-refractivity contribution in [3.63, 3.8) is 0 Å². The summed E-state index contributed by atoms with van der Waals surface area (Å²) in [4.78, 5) is 4.51. The van der Waals surface area contributed by atoms with Crippen LogP contribution in [-0.2, 0) is 22.8 Å². The van der Waals surface area contributed by atoms with E-state index in [9.17, 15) is 8.42 Å². The van der Waals surface area contributed by atoms with Gasteiger partial charge in [0.1, 0.15) is 0 Å². The lowest BCUT2D eigenvalue weighted by Crippen LogP contribution is -2.42. The lowest BCUT2D eigenvalue weighted by Gasteiger charge is -2.28. The summed E-state index contributed by atoms with van der Waals surface area (Å²) in [6, 6.07) is 4.56. The number of rotatable bonds is 5. The van der Waals surface area contributed by atoms with Gasteiger partial charge in [0.15, 0.2) is 9.84 Å². The Bertz CT molecular complexity index is 590. The average Bonchev–Trinajstić information content (AvgIpc) is 2.66. The molecule has 122 valence electrons. The monoisotopic (exact) mass is 322 g/mol. The standard InChI is InChI=1S/C17H26N2O2S/c1-12(2)7-14-4-3-13(10-18-14)11-19-15-8-16-5-6-17(9-15)22(16,20)21/h3-4,10,12,15-17,19H,5-9,11H2,1-2H3. The Morgan fingerprint density at radius 3 is 2.45 bits per heavy atom. The van der Waals surface area contributed by atoms with Crippen LogP contribution in [0.15, 0.2) is 18.3 Å². The molecule has 2 atom stereocenters. The first-order chi connectivity index (χ1) is 10.4. The van der Waals surface area contributed by atoms with Gasteiger partial charge in [0.2, 0.25) is 0 Å². The molecular formula is C17H26N2O2S. The van der Waals surface area contributed by atoms with E-state index in [2.05, 4.69) is 36.3 Å². The lowest BCUT2D eigenvalue weighted by atomic mass is 10.1. The van der Waals surface area contributed by atoms with Gasteiger partial charge in [-0.2, -0.15) is 0 Å². The first-order valence-corrected chi connectivity index (χ1v) is 9.96. The van der Waals surface area contributed by atoms with E-state index in [1.54, 1.807) is 0 Å². The highest BCUT2D eigenvalue weighted by Gasteiger charge is 2.46. The number of pyridine rings is 1. The number of hydrogen-bond acceptors (Lipinski definition) is 4. The van der Waals surface area contributed by atoms with E-state index in [4.69, 9.17) is 0 Å². The third kappa shape index (κ3) is 3.35. The molecule has 0 saturated carbocycles. The predicted octanol–water partition coefficient (Wildman–Crippen LogP) is 2.48. The van der Waals surface area contributed by atoms with Crippen LogP contribution in [0.4, 0.5) is 0 Å². The fraction of sp³-hybridized carbons (Fsp3) is 0.706. The fourth-order valence-corrected chi connectivity index (χ4v) is 6.21. The second kappa shape index (κ2) is 6.28. The van der Waals surface area contributed by atoms with E-state index in [1.807, 2.05) is 6.20 Å². The van der Waals surface area contributed by atoms with Crippen LogP contribution in [0.2, 0.25) is 0 Å². The number of sulfone groups is 1. The Hall–Kier alpha value is -0.940. The van der Waals surface area contributed by atoms with Gasteiger partial charge in [-0.25, -0.2) is 8.42 Å². The predicted molar refractivity (Wildman–Crippen MR) is 88.4 cm³/mol. The van der Waals surface area contributed by atoms with E-state index in [-0.39, 0.29) is 10.5 Å². The minimum absolute atomic E-state index is 0.102. The summed E-state index contributed by atoms with van der Waals surface area (Å²) in [5.41, 5.74) is 2.31. The van der Waals surface area contributed by atoms with Crippen LogP contribution in [0.5, 0.6) is 0 Å². The minimum Gasteiger partial charge on any atom is -0.310 e. The molecule has 1 aromatic heterocycles. The second-order valence-electron chi connectivity index (χ2n) is 7.22. The maximum absolute atomic E-state index is 12.1. The molecule has 0 aromatic carbocycles. The van der Waals surface area contributed by atoms with Crippen LogP contribution in [-0.4, -0.2) is 29.9 Å². The van der Waals surface area contributed by atoms with Gasteiger partial charge in [-0.3, -0.25) is 4.98 Å². The number of fused-ring (bicyclic) bond motifs is 2. The van der Waals surface area contributed by atoms with Crippen molar-refractivity contribution in [2.45, 2.75) is 69.0 Å². The Balaban J connectivity index is 1.53. The molecule has 2 unspecified atom stereocenters. The van der Waals surface area contributed by atoms with Crippen molar-refractivity contribution in [2.24, 2.45) is 5.92 Å². The molecule has 2 saturated heterocycles. The first kappa shape index (κ1) is 15.9. The smallest absolute Gasteiger partial charge is 0.156 e. The molecule has 2 fully saturated rings. The number of aromatic nitrogens is 1. The van der Waals surface area contributed by atoms with Crippen LogP contribution in [0, 0.1) is 5.92 Å². The number of hydrogen-bond donors (Lipinski definition) is 1. The van der Waals surface area contributed by atoms with Crippen molar-refractivity contribution >= 4 is 9.84 Å². The second-order valence-corrected chi connectivity index (χ2v) is 9.73. The van der Waals surface area contributed by atoms with Crippen LogP contribution >= 0.6 is 0 Å². The Kier molecular flexibility index (Phi) is 4.55. The molecule has 4 nitrogen and oxygen atoms in total. The van der Waals surface area contributed by atoms with Crippen molar-refractivity contribution in [2.75, 3.05) is 0 Å². The van der Waals surface area contributed by atoms with Crippen molar-refractivity contribution in [3.05, 3.63) is 29.6 Å².